The highest BCUT2D eigenvalue weighted by molar-refractivity contribution is 7.99. The second-order valence-electron chi connectivity index (χ2n) is 4.25. The average Bonchev–Trinajstić information content (AvgIpc) is 2.76. The van der Waals surface area contributed by atoms with Crippen molar-refractivity contribution in [2.45, 2.75) is 31.2 Å². The Balaban J connectivity index is 0.00000289. The molecule has 0 atom stereocenters. The smallest absolute Gasteiger partial charge is 0.315 e. The van der Waals surface area contributed by atoms with E-state index >= 15 is 0 Å². The first-order valence-electron chi connectivity index (χ1n) is 5.80. The number of hydrogen-bond acceptors (Lipinski definition) is 5. The Morgan fingerprint density at radius 2 is 2.00 bits per heavy atom. The molecule has 5 nitrogen and oxygen atoms in total. The standard InChI is InChI=1S/C11H20N2O3S.ClH/c1-16-9(14)8-17-7-6-13-10(15)11(12)4-2-3-5-11;/h2-8,12H2,1H3,(H,13,15);1H. The van der Waals surface area contributed by atoms with Gasteiger partial charge in [-0.3, -0.25) is 9.59 Å². The Kier molecular flexibility index (Phi) is 8.39. The molecule has 0 spiro atoms. The van der Waals surface area contributed by atoms with Crippen molar-refractivity contribution in [3.63, 3.8) is 0 Å². The number of methoxy groups -OCH3 is 1. The number of hydrogen-bond donors (Lipinski definition) is 2. The van der Waals surface area contributed by atoms with Gasteiger partial charge in [0.2, 0.25) is 5.91 Å². The normalized spacial score (nSPS) is 16.8. The second-order valence-corrected chi connectivity index (χ2v) is 5.35. The maximum atomic E-state index is 11.8. The Morgan fingerprint density at radius 3 is 2.56 bits per heavy atom. The van der Waals surface area contributed by atoms with Crippen LogP contribution in [0.25, 0.3) is 0 Å². The summed E-state index contributed by atoms with van der Waals surface area (Å²) in [5.41, 5.74) is 5.33. The number of rotatable bonds is 6. The number of halogens is 1. The van der Waals surface area contributed by atoms with Crippen molar-refractivity contribution in [1.82, 2.24) is 5.32 Å². The highest BCUT2D eigenvalue weighted by Gasteiger charge is 2.36. The summed E-state index contributed by atoms with van der Waals surface area (Å²) in [5.74, 6) is 0.706. The number of thioether (sulfide) groups is 1. The maximum absolute atomic E-state index is 11.8. The highest BCUT2D eigenvalue weighted by atomic mass is 35.5. The molecule has 0 unspecified atom stereocenters. The molecule has 0 aromatic carbocycles. The third-order valence-electron chi connectivity index (χ3n) is 2.93. The monoisotopic (exact) mass is 296 g/mol. The predicted octanol–water partition coefficient (Wildman–Crippen LogP) is 0.702. The van der Waals surface area contributed by atoms with Gasteiger partial charge < -0.3 is 15.8 Å². The summed E-state index contributed by atoms with van der Waals surface area (Å²) >= 11 is 1.44. The number of nitrogens with one attached hydrogen (secondary N) is 1. The zero-order valence-electron chi connectivity index (χ0n) is 10.6. The maximum Gasteiger partial charge on any atom is 0.315 e. The summed E-state index contributed by atoms with van der Waals surface area (Å²) in [4.78, 5) is 22.6. The van der Waals surface area contributed by atoms with Crippen LogP contribution in [0.4, 0.5) is 0 Å². The molecule has 7 heteroatoms. The highest BCUT2D eigenvalue weighted by Crippen LogP contribution is 2.27. The van der Waals surface area contributed by atoms with Gasteiger partial charge in [-0.25, -0.2) is 0 Å². The minimum Gasteiger partial charge on any atom is -0.468 e. The minimum atomic E-state index is -0.660. The van der Waals surface area contributed by atoms with Crippen LogP contribution in [0, 0.1) is 0 Å². The molecule has 0 heterocycles. The zero-order valence-corrected chi connectivity index (χ0v) is 12.2. The Labute approximate surface area is 118 Å². The SMILES string of the molecule is COC(=O)CSCCNC(=O)C1(N)CCCC1.Cl. The van der Waals surface area contributed by atoms with E-state index in [0.717, 1.165) is 25.7 Å². The quantitative estimate of drug-likeness (QED) is 0.557. The third-order valence-corrected chi connectivity index (χ3v) is 3.86. The van der Waals surface area contributed by atoms with Crippen molar-refractivity contribution in [1.29, 1.82) is 0 Å². The van der Waals surface area contributed by atoms with Crippen LogP contribution >= 0.6 is 24.2 Å². The average molecular weight is 297 g/mol. The minimum absolute atomic E-state index is 0. The molecule has 0 bridgehead atoms. The van der Waals surface area contributed by atoms with Gasteiger partial charge in [-0.05, 0) is 12.8 Å². The summed E-state index contributed by atoms with van der Waals surface area (Å²) in [6.45, 7) is 0.541. The van der Waals surface area contributed by atoms with Gasteiger partial charge in [-0.15, -0.1) is 24.2 Å². The van der Waals surface area contributed by atoms with Crippen LogP contribution in [-0.4, -0.2) is 42.6 Å². The second kappa shape index (κ2) is 8.61. The fraction of sp³-hybridized carbons (Fsp3) is 0.818. The first-order chi connectivity index (χ1) is 8.08. The van der Waals surface area contributed by atoms with Crippen LogP contribution in [0.5, 0.6) is 0 Å². The number of carbonyl (C=O) groups excluding carboxylic acids is 2. The molecule has 1 aliphatic rings. The van der Waals surface area contributed by atoms with Gasteiger partial charge in [0.25, 0.3) is 0 Å². The molecule has 1 fully saturated rings. The molecular formula is C11H21ClN2O3S. The van der Waals surface area contributed by atoms with Crippen molar-refractivity contribution >= 4 is 36.0 Å². The van der Waals surface area contributed by atoms with E-state index < -0.39 is 5.54 Å². The van der Waals surface area contributed by atoms with Crippen LogP contribution in [0.15, 0.2) is 0 Å². The molecule has 106 valence electrons. The van der Waals surface area contributed by atoms with Crippen molar-refractivity contribution in [2.75, 3.05) is 25.2 Å². The largest absolute Gasteiger partial charge is 0.468 e. The lowest BCUT2D eigenvalue weighted by atomic mass is 9.98. The number of amides is 1. The van der Waals surface area contributed by atoms with E-state index in [0.29, 0.717) is 18.1 Å². The summed E-state index contributed by atoms with van der Waals surface area (Å²) in [6.07, 6.45) is 3.60. The fourth-order valence-corrected chi connectivity index (χ4v) is 2.54. The predicted molar refractivity (Wildman–Crippen MR) is 75.0 cm³/mol. The lowest BCUT2D eigenvalue weighted by Crippen LogP contribution is -2.52. The topological polar surface area (TPSA) is 81.4 Å². The number of ether oxygens (including phenoxy) is 1. The van der Waals surface area contributed by atoms with Crippen LogP contribution in [0.3, 0.4) is 0 Å². The van der Waals surface area contributed by atoms with E-state index in [-0.39, 0.29) is 24.3 Å². The molecule has 0 aromatic heterocycles. The molecular weight excluding hydrogens is 276 g/mol. The van der Waals surface area contributed by atoms with Gasteiger partial charge in [0.05, 0.1) is 18.4 Å². The van der Waals surface area contributed by atoms with E-state index in [2.05, 4.69) is 10.1 Å². The van der Waals surface area contributed by atoms with Crippen molar-refractivity contribution < 1.29 is 14.3 Å². The van der Waals surface area contributed by atoms with Gasteiger partial charge >= 0.3 is 5.97 Å². The van der Waals surface area contributed by atoms with Crippen molar-refractivity contribution in [3.05, 3.63) is 0 Å². The summed E-state index contributed by atoms with van der Waals surface area (Å²) in [5, 5.41) is 2.82. The summed E-state index contributed by atoms with van der Waals surface area (Å²) < 4.78 is 4.51. The van der Waals surface area contributed by atoms with Gasteiger partial charge in [-0.1, -0.05) is 12.8 Å². The number of carbonyl (C=O) groups is 2. The Morgan fingerprint density at radius 1 is 1.39 bits per heavy atom. The van der Waals surface area contributed by atoms with E-state index in [1.54, 1.807) is 0 Å². The van der Waals surface area contributed by atoms with Crippen LogP contribution in [0.1, 0.15) is 25.7 Å². The summed E-state index contributed by atoms with van der Waals surface area (Å²) in [6, 6.07) is 0. The third kappa shape index (κ3) is 5.46. The molecule has 1 saturated carbocycles. The molecule has 3 N–H and O–H groups in total. The molecule has 1 rings (SSSR count). The first-order valence-corrected chi connectivity index (χ1v) is 6.96. The molecule has 18 heavy (non-hydrogen) atoms. The van der Waals surface area contributed by atoms with Crippen LogP contribution < -0.4 is 11.1 Å². The van der Waals surface area contributed by atoms with Crippen LogP contribution in [0.2, 0.25) is 0 Å². The molecule has 0 saturated heterocycles. The van der Waals surface area contributed by atoms with Gasteiger partial charge in [0, 0.05) is 12.3 Å². The van der Waals surface area contributed by atoms with E-state index in [4.69, 9.17) is 5.73 Å². The molecule has 1 amide bonds. The molecule has 0 radical (unpaired) electrons. The van der Waals surface area contributed by atoms with Gasteiger partial charge in [0.15, 0.2) is 0 Å². The van der Waals surface area contributed by atoms with Crippen molar-refractivity contribution in [3.8, 4) is 0 Å². The van der Waals surface area contributed by atoms with Gasteiger partial charge in [-0.2, -0.15) is 0 Å². The lowest BCUT2D eigenvalue weighted by molar-refractivity contribution is -0.137. The number of nitrogens with two attached hydrogens (primary N) is 1. The van der Waals surface area contributed by atoms with E-state index in [1.807, 2.05) is 0 Å². The Bertz CT molecular complexity index is 283. The first kappa shape index (κ1) is 17.5. The molecule has 1 aliphatic carbocycles. The zero-order chi connectivity index (χ0) is 12.7. The fourth-order valence-electron chi connectivity index (χ4n) is 1.86. The van der Waals surface area contributed by atoms with Crippen molar-refractivity contribution in [2.24, 2.45) is 5.73 Å². The Hall–Kier alpha value is -0.460. The van der Waals surface area contributed by atoms with Crippen LogP contribution in [-0.2, 0) is 14.3 Å². The van der Waals surface area contributed by atoms with E-state index in [9.17, 15) is 9.59 Å². The van der Waals surface area contributed by atoms with Gasteiger partial charge in [0.1, 0.15) is 0 Å². The lowest BCUT2D eigenvalue weighted by Gasteiger charge is -2.22. The summed E-state index contributed by atoms with van der Waals surface area (Å²) in [7, 11) is 1.36. The molecule has 0 aromatic rings. The molecule has 0 aliphatic heterocycles. The van der Waals surface area contributed by atoms with E-state index in [1.165, 1.54) is 18.9 Å². The number of esters is 1.